The first-order valence-corrected chi connectivity index (χ1v) is 13.9. The number of rotatable bonds is 4. The molecule has 0 spiro atoms. The van der Waals surface area contributed by atoms with Gasteiger partial charge in [0.25, 0.3) is 17.7 Å². The van der Waals surface area contributed by atoms with Crippen LogP contribution in [0.5, 0.6) is 0 Å². The molecule has 40 heavy (non-hydrogen) atoms. The minimum Gasteiger partial charge on any atom is -0.459 e. The van der Waals surface area contributed by atoms with Gasteiger partial charge in [-0.1, -0.05) is 30.3 Å². The van der Waals surface area contributed by atoms with Crippen molar-refractivity contribution in [3.05, 3.63) is 113 Å². The zero-order valence-corrected chi connectivity index (χ0v) is 22.1. The summed E-state index contributed by atoms with van der Waals surface area (Å²) in [7, 11) is -1.70. The number of halogens is 1. The summed E-state index contributed by atoms with van der Waals surface area (Å²) in [5.74, 6) is -1.16. The molecule has 6 rings (SSSR count). The quantitative estimate of drug-likeness (QED) is 0.372. The third-order valence-corrected chi connectivity index (χ3v) is 8.63. The van der Waals surface area contributed by atoms with E-state index >= 15 is 0 Å². The summed E-state index contributed by atoms with van der Waals surface area (Å²) in [6.45, 7) is 1.21. The van der Waals surface area contributed by atoms with Crippen molar-refractivity contribution in [2.45, 2.75) is 16.3 Å². The molecule has 0 saturated carbocycles. The van der Waals surface area contributed by atoms with E-state index < -0.39 is 22.5 Å². The van der Waals surface area contributed by atoms with Gasteiger partial charge in [-0.25, -0.2) is 8.60 Å². The molecule has 8 nitrogen and oxygen atoms in total. The predicted octanol–water partition coefficient (Wildman–Crippen LogP) is 4.34. The minimum atomic E-state index is -1.70. The Morgan fingerprint density at radius 3 is 2.25 bits per heavy atom. The van der Waals surface area contributed by atoms with Crippen molar-refractivity contribution in [3.8, 4) is 0 Å². The highest BCUT2D eigenvalue weighted by molar-refractivity contribution is 7.85. The SMILES string of the molecule is O=C(c1ccc2c(c1)N(Cc1ccccc1F)C(=O)c1ccccc1[S@]2=O)N1CCN(C(=O)c2ccco2)CC1. The first kappa shape index (κ1) is 25.7. The molecule has 0 radical (unpaired) electrons. The molecule has 1 fully saturated rings. The molecule has 3 aromatic carbocycles. The maximum absolute atomic E-state index is 14.7. The predicted molar refractivity (Wildman–Crippen MR) is 145 cm³/mol. The van der Waals surface area contributed by atoms with Crippen LogP contribution < -0.4 is 4.90 Å². The number of benzene rings is 3. The highest BCUT2D eigenvalue weighted by atomic mass is 32.2. The highest BCUT2D eigenvalue weighted by Gasteiger charge is 2.33. The Morgan fingerprint density at radius 1 is 0.825 bits per heavy atom. The number of fused-ring (bicyclic) bond motifs is 2. The van der Waals surface area contributed by atoms with Gasteiger partial charge in [-0.15, -0.1) is 0 Å². The molecule has 10 heteroatoms. The van der Waals surface area contributed by atoms with Crippen LogP contribution in [0.4, 0.5) is 10.1 Å². The zero-order valence-electron chi connectivity index (χ0n) is 21.3. The van der Waals surface area contributed by atoms with E-state index in [4.69, 9.17) is 4.42 Å². The van der Waals surface area contributed by atoms with Gasteiger partial charge in [0, 0.05) is 37.3 Å². The van der Waals surface area contributed by atoms with Crippen LogP contribution in [-0.2, 0) is 17.3 Å². The molecule has 202 valence electrons. The van der Waals surface area contributed by atoms with Gasteiger partial charge in [-0.2, -0.15) is 0 Å². The largest absolute Gasteiger partial charge is 0.459 e. The number of piperazine rings is 1. The van der Waals surface area contributed by atoms with Crippen molar-refractivity contribution in [2.24, 2.45) is 0 Å². The van der Waals surface area contributed by atoms with E-state index in [1.165, 1.54) is 17.2 Å². The van der Waals surface area contributed by atoms with Gasteiger partial charge in [0.15, 0.2) is 5.76 Å². The van der Waals surface area contributed by atoms with Crippen LogP contribution in [-0.4, -0.2) is 57.9 Å². The number of hydrogen-bond donors (Lipinski definition) is 0. The Balaban J connectivity index is 1.32. The maximum Gasteiger partial charge on any atom is 0.289 e. The third-order valence-electron chi connectivity index (χ3n) is 7.13. The molecule has 1 aromatic heterocycles. The average Bonchev–Trinajstić information content (AvgIpc) is 3.52. The zero-order chi connectivity index (χ0) is 27.8. The summed E-state index contributed by atoms with van der Waals surface area (Å²) in [6, 6.07) is 20.8. The van der Waals surface area contributed by atoms with E-state index in [0.29, 0.717) is 52.8 Å². The van der Waals surface area contributed by atoms with Crippen LogP contribution in [0.25, 0.3) is 0 Å². The smallest absolute Gasteiger partial charge is 0.289 e. The lowest BCUT2D eigenvalue weighted by atomic mass is 10.1. The molecular formula is C30H24FN3O5S. The summed E-state index contributed by atoms with van der Waals surface area (Å²) in [5, 5.41) is 0. The van der Waals surface area contributed by atoms with Crippen LogP contribution in [0.1, 0.15) is 36.8 Å². The Morgan fingerprint density at radius 2 is 1.52 bits per heavy atom. The van der Waals surface area contributed by atoms with Gasteiger partial charge in [0.2, 0.25) is 0 Å². The molecule has 0 bridgehead atoms. The van der Waals surface area contributed by atoms with Crippen LogP contribution in [0, 0.1) is 5.82 Å². The van der Waals surface area contributed by atoms with Crippen molar-refractivity contribution in [1.82, 2.24) is 9.80 Å². The van der Waals surface area contributed by atoms with Gasteiger partial charge in [0.1, 0.15) is 5.82 Å². The Hall–Kier alpha value is -4.57. The van der Waals surface area contributed by atoms with Gasteiger partial charge >= 0.3 is 0 Å². The fraction of sp³-hybridized carbons (Fsp3) is 0.167. The second kappa shape index (κ2) is 10.5. The van der Waals surface area contributed by atoms with Crippen LogP contribution in [0.15, 0.2) is 99.3 Å². The van der Waals surface area contributed by atoms with E-state index in [9.17, 15) is 23.0 Å². The fourth-order valence-corrected chi connectivity index (χ4v) is 6.35. The normalized spacial score (nSPS) is 16.8. The van der Waals surface area contributed by atoms with Crippen molar-refractivity contribution >= 4 is 34.2 Å². The summed E-state index contributed by atoms with van der Waals surface area (Å²) in [6.07, 6.45) is 1.44. The second-order valence-corrected chi connectivity index (χ2v) is 10.9. The number of furan rings is 1. The molecular weight excluding hydrogens is 533 g/mol. The number of nitrogens with zero attached hydrogens (tertiary/aromatic N) is 3. The van der Waals surface area contributed by atoms with E-state index in [0.717, 1.165) is 0 Å². The van der Waals surface area contributed by atoms with Gasteiger partial charge in [-0.3, -0.25) is 14.4 Å². The molecule has 1 saturated heterocycles. The van der Waals surface area contributed by atoms with E-state index in [1.54, 1.807) is 82.6 Å². The van der Waals surface area contributed by atoms with Crippen molar-refractivity contribution in [1.29, 1.82) is 0 Å². The average molecular weight is 558 g/mol. The molecule has 3 amide bonds. The molecule has 2 aliphatic heterocycles. The monoisotopic (exact) mass is 557 g/mol. The van der Waals surface area contributed by atoms with Crippen LogP contribution >= 0.6 is 0 Å². The van der Waals surface area contributed by atoms with Gasteiger partial charge < -0.3 is 19.1 Å². The topological polar surface area (TPSA) is 91.1 Å². The second-order valence-electron chi connectivity index (χ2n) is 9.49. The van der Waals surface area contributed by atoms with Crippen LogP contribution in [0.3, 0.4) is 0 Å². The molecule has 0 N–H and O–H groups in total. The number of amides is 3. The van der Waals surface area contributed by atoms with Crippen molar-refractivity contribution in [3.63, 3.8) is 0 Å². The number of carbonyl (C=O) groups is 3. The summed E-state index contributed by atoms with van der Waals surface area (Å²) >= 11 is 0. The number of carbonyl (C=O) groups excluding carboxylic acids is 3. The molecule has 4 aromatic rings. The Bertz CT molecular complexity index is 1650. The van der Waals surface area contributed by atoms with Crippen LogP contribution in [0.2, 0.25) is 0 Å². The van der Waals surface area contributed by atoms with Gasteiger partial charge in [0.05, 0.1) is 44.6 Å². The highest BCUT2D eigenvalue weighted by Crippen LogP contribution is 2.36. The third kappa shape index (κ3) is 4.60. The molecule has 3 heterocycles. The maximum atomic E-state index is 14.7. The van der Waals surface area contributed by atoms with E-state index in [1.807, 2.05) is 0 Å². The Kier molecular flexibility index (Phi) is 6.77. The number of hydrogen-bond acceptors (Lipinski definition) is 5. The lowest BCUT2D eigenvalue weighted by molar-refractivity contribution is 0.0518. The lowest BCUT2D eigenvalue weighted by Gasteiger charge is -2.34. The summed E-state index contributed by atoms with van der Waals surface area (Å²) in [5.41, 5.74) is 1.15. The standard InChI is InChI=1S/C30H24FN3O5S/c31-23-8-3-1-6-21(23)19-34-24-18-20(11-12-27(24)40(38)26-10-4-2-7-22(26)29(34)36)28(35)32-13-15-33(16-14-32)30(37)25-9-5-17-39-25/h1-12,17-18H,13-16,19H2/t40-/m1/s1. The first-order chi connectivity index (χ1) is 19.4. The fourth-order valence-electron chi connectivity index (χ4n) is 5.00. The van der Waals surface area contributed by atoms with E-state index in [-0.39, 0.29) is 29.7 Å². The molecule has 0 aliphatic carbocycles. The molecule has 0 unspecified atom stereocenters. The van der Waals surface area contributed by atoms with Crippen molar-refractivity contribution < 1.29 is 27.4 Å². The van der Waals surface area contributed by atoms with E-state index in [2.05, 4.69) is 0 Å². The molecule has 1 atom stereocenters. The lowest BCUT2D eigenvalue weighted by Crippen LogP contribution is -2.50. The number of anilines is 1. The minimum absolute atomic E-state index is 0.102. The Labute approximate surface area is 232 Å². The summed E-state index contributed by atoms with van der Waals surface area (Å²) < 4.78 is 33.5. The van der Waals surface area contributed by atoms with Crippen molar-refractivity contribution in [2.75, 3.05) is 31.1 Å². The first-order valence-electron chi connectivity index (χ1n) is 12.7. The summed E-state index contributed by atoms with van der Waals surface area (Å²) in [4.78, 5) is 45.3. The molecule has 2 aliphatic rings. The van der Waals surface area contributed by atoms with Gasteiger partial charge in [-0.05, 0) is 48.5 Å².